The molecule has 0 unspecified atom stereocenters. The van der Waals surface area contributed by atoms with Crippen molar-refractivity contribution in [3.63, 3.8) is 0 Å². The number of hydrogen-bond acceptors (Lipinski definition) is 11. The van der Waals surface area contributed by atoms with Gasteiger partial charge in [-0.05, 0) is 61.4 Å². The average molecular weight is 839 g/mol. The Morgan fingerprint density at radius 1 is 1.03 bits per heavy atom. The second-order valence-corrected chi connectivity index (χ2v) is 16.9. The van der Waals surface area contributed by atoms with Crippen LogP contribution in [0.2, 0.25) is 5.02 Å². The first-order valence-corrected chi connectivity index (χ1v) is 21.9. The molecule has 58 heavy (non-hydrogen) atoms. The van der Waals surface area contributed by atoms with Gasteiger partial charge in [0.2, 0.25) is 5.91 Å². The third kappa shape index (κ3) is 12.0. The molecule has 3 amide bonds. The molecule has 3 aromatic rings. The van der Waals surface area contributed by atoms with Crippen LogP contribution in [0.5, 0.6) is 5.75 Å². The number of hydrogen-bond donors (Lipinski definition) is 2. The number of aromatic nitrogens is 1. The third-order valence-corrected chi connectivity index (χ3v) is 12.7. The maximum atomic E-state index is 13.3. The molecule has 4 heterocycles. The zero-order chi connectivity index (χ0) is 40.9. The molecule has 13 nitrogen and oxygen atoms in total. The van der Waals surface area contributed by atoms with Gasteiger partial charge >= 0.3 is 0 Å². The van der Waals surface area contributed by atoms with Crippen LogP contribution in [-0.2, 0) is 43.2 Å². The maximum absolute atomic E-state index is 13.3. The summed E-state index contributed by atoms with van der Waals surface area (Å²) in [5, 5.41) is 9.94. The number of carbonyl (C=O) groups excluding carboxylic acids is 3. The molecule has 0 bridgehead atoms. The van der Waals surface area contributed by atoms with Crippen LogP contribution in [0, 0.1) is 0 Å². The van der Waals surface area contributed by atoms with E-state index in [0.29, 0.717) is 95.8 Å². The van der Waals surface area contributed by atoms with Gasteiger partial charge in [-0.2, -0.15) is 0 Å². The van der Waals surface area contributed by atoms with Crippen molar-refractivity contribution in [1.82, 2.24) is 25.0 Å². The lowest BCUT2D eigenvalue weighted by Crippen LogP contribution is -2.58. The van der Waals surface area contributed by atoms with Crippen molar-refractivity contribution in [2.75, 3.05) is 97.8 Å². The van der Waals surface area contributed by atoms with Crippen molar-refractivity contribution in [1.29, 1.82) is 0 Å². The molecule has 0 aliphatic carbocycles. The Morgan fingerprint density at radius 2 is 1.83 bits per heavy atom. The number of piperidine rings is 1. The molecule has 0 radical (unpaired) electrons. The van der Waals surface area contributed by atoms with Crippen LogP contribution in [0.1, 0.15) is 77.6 Å². The van der Waals surface area contributed by atoms with E-state index in [1.807, 2.05) is 39.4 Å². The SMILES string of the molecule is COCCCN(CCNCCc1cccc2c1OCC(=O)N2)C(=O)CCOCCc1cccc(CN2CCC3(CC2)CN(C(=O)c2csc(C(C)C)n2)CCO3)c1Cl. The number of benzene rings is 2. The molecule has 0 saturated carbocycles. The Morgan fingerprint density at radius 3 is 2.62 bits per heavy atom. The van der Waals surface area contributed by atoms with Gasteiger partial charge in [0.1, 0.15) is 11.4 Å². The van der Waals surface area contributed by atoms with E-state index in [4.69, 9.17) is 30.5 Å². The number of amides is 3. The standard InChI is InChI=1S/C43H59ClN6O7S/c1-31(2)41-47-36(29-58-41)42(53)50-22-26-57-43(30-50)14-19-48(20-15-43)27-34-9-4-7-32(39(34)44)12-24-55-25-13-38(52)49(18-6-23-54-3)21-17-45-16-11-33-8-5-10-35-40(33)56-28-37(51)46-35/h4-5,7-10,29,31,45H,6,11-28,30H2,1-3H3,(H,46,51). The highest BCUT2D eigenvalue weighted by Gasteiger charge is 2.41. The van der Waals surface area contributed by atoms with Crippen LogP contribution >= 0.6 is 22.9 Å². The van der Waals surface area contributed by atoms with Crippen molar-refractivity contribution in [2.24, 2.45) is 0 Å². The number of likely N-dealkylation sites (tertiary alicyclic amines) is 1. The number of thiazole rings is 1. The average Bonchev–Trinajstić information content (AvgIpc) is 3.73. The van der Waals surface area contributed by atoms with Gasteiger partial charge < -0.3 is 39.4 Å². The summed E-state index contributed by atoms with van der Waals surface area (Å²) in [6, 6.07) is 11.9. The van der Waals surface area contributed by atoms with Crippen molar-refractivity contribution in [3.8, 4) is 5.75 Å². The van der Waals surface area contributed by atoms with Crippen LogP contribution in [0.25, 0.3) is 0 Å². The summed E-state index contributed by atoms with van der Waals surface area (Å²) >= 11 is 8.51. The van der Waals surface area contributed by atoms with Gasteiger partial charge in [-0.15, -0.1) is 11.3 Å². The van der Waals surface area contributed by atoms with E-state index < -0.39 is 0 Å². The van der Waals surface area contributed by atoms with Crippen molar-refractivity contribution >= 4 is 46.3 Å². The van der Waals surface area contributed by atoms with Gasteiger partial charge in [0.15, 0.2) is 6.61 Å². The number of fused-ring (bicyclic) bond motifs is 1. The van der Waals surface area contributed by atoms with Gasteiger partial charge in [-0.25, -0.2) is 4.98 Å². The van der Waals surface area contributed by atoms with Crippen LogP contribution in [0.3, 0.4) is 0 Å². The van der Waals surface area contributed by atoms with Gasteiger partial charge in [0.25, 0.3) is 11.8 Å². The number of methoxy groups -OCH3 is 1. The number of anilines is 1. The third-order valence-electron chi connectivity index (χ3n) is 11.0. The Hall–Kier alpha value is -3.63. The zero-order valence-corrected chi connectivity index (χ0v) is 35.8. The Kier molecular flexibility index (Phi) is 16.3. The van der Waals surface area contributed by atoms with E-state index in [-0.39, 0.29) is 29.9 Å². The van der Waals surface area contributed by atoms with Gasteiger partial charge in [-0.1, -0.05) is 55.8 Å². The van der Waals surface area contributed by atoms with E-state index in [0.717, 1.165) is 77.8 Å². The highest BCUT2D eigenvalue weighted by molar-refractivity contribution is 7.09. The molecule has 2 saturated heterocycles. The molecule has 6 rings (SSSR count). The molecule has 1 spiro atoms. The Balaban J connectivity index is 0.896. The fourth-order valence-corrected chi connectivity index (χ4v) is 8.83. The number of morpholine rings is 1. The maximum Gasteiger partial charge on any atom is 0.273 e. The van der Waals surface area contributed by atoms with Gasteiger partial charge in [0, 0.05) is 75.9 Å². The van der Waals surface area contributed by atoms with E-state index in [2.05, 4.69) is 46.5 Å². The van der Waals surface area contributed by atoms with Crippen LogP contribution in [0.15, 0.2) is 41.8 Å². The topological polar surface area (TPSA) is 135 Å². The lowest BCUT2D eigenvalue weighted by atomic mass is 9.89. The summed E-state index contributed by atoms with van der Waals surface area (Å²) in [6.07, 6.45) is 4.16. The van der Waals surface area contributed by atoms with E-state index in [1.54, 1.807) is 18.4 Å². The van der Waals surface area contributed by atoms with Crippen LogP contribution in [-0.4, -0.2) is 136 Å². The summed E-state index contributed by atoms with van der Waals surface area (Å²) in [5.74, 6) is 0.946. The molecule has 2 fully saturated rings. The predicted molar refractivity (Wildman–Crippen MR) is 226 cm³/mol. The summed E-state index contributed by atoms with van der Waals surface area (Å²) in [4.78, 5) is 49.0. The lowest BCUT2D eigenvalue weighted by Gasteiger charge is -2.47. The number of nitrogens with zero attached hydrogens (tertiary/aromatic N) is 4. The summed E-state index contributed by atoms with van der Waals surface area (Å²) in [7, 11) is 1.67. The molecule has 3 aliphatic rings. The Labute approximate surface area is 351 Å². The Bertz CT molecular complexity index is 1830. The second-order valence-electron chi connectivity index (χ2n) is 15.6. The number of rotatable bonds is 20. The van der Waals surface area contributed by atoms with Crippen molar-refractivity contribution in [2.45, 2.75) is 70.4 Å². The monoisotopic (exact) mass is 838 g/mol. The molecule has 3 aliphatic heterocycles. The van der Waals surface area contributed by atoms with E-state index in [9.17, 15) is 14.4 Å². The molecule has 2 aromatic carbocycles. The van der Waals surface area contributed by atoms with E-state index in [1.165, 1.54) is 0 Å². The molecular formula is C43H59ClN6O7S. The minimum Gasteiger partial charge on any atom is -0.481 e. The van der Waals surface area contributed by atoms with Gasteiger partial charge in [0.05, 0.1) is 49.1 Å². The summed E-state index contributed by atoms with van der Waals surface area (Å²) in [6.45, 7) is 12.4. The minimum atomic E-state index is -0.328. The number of halogens is 1. The molecule has 316 valence electrons. The minimum absolute atomic E-state index is 0.000891. The van der Waals surface area contributed by atoms with Crippen molar-refractivity contribution < 1.29 is 33.3 Å². The highest BCUT2D eigenvalue weighted by Crippen LogP contribution is 2.34. The quantitative estimate of drug-likeness (QED) is 0.143. The van der Waals surface area contributed by atoms with Crippen molar-refractivity contribution in [3.05, 3.63) is 74.2 Å². The first-order chi connectivity index (χ1) is 28.1. The molecular weight excluding hydrogens is 780 g/mol. The van der Waals surface area contributed by atoms with Gasteiger partial charge in [-0.3, -0.25) is 19.3 Å². The molecule has 0 atom stereocenters. The largest absolute Gasteiger partial charge is 0.481 e. The smallest absolute Gasteiger partial charge is 0.273 e. The molecule has 1 aromatic heterocycles. The second kappa shape index (κ2) is 21.6. The number of nitrogens with one attached hydrogen (secondary N) is 2. The lowest BCUT2D eigenvalue weighted by molar-refractivity contribution is -0.132. The summed E-state index contributed by atoms with van der Waals surface area (Å²) < 4.78 is 23.2. The summed E-state index contributed by atoms with van der Waals surface area (Å²) in [5.41, 5.74) is 4.07. The molecule has 2 N–H and O–H groups in total. The van der Waals surface area contributed by atoms with Crippen LogP contribution in [0.4, 0.5) is 5.69 Å². The fourth-order valence-electron chi connectivity index (χ4n) is 7.74. The predicted octanol–water partition coefficient (Wildman–Crippen LogP) is 5.40. The fraction of sp³-hybridized carbons (Fsp3) is 0.581. The number of carbonyl (C=O) groups is 3. The number of ether oxygens (including phenoxy) is 4. The normalized spacial score (nSPS) is 16.6. The van der Waals surface area contributed by atoms with E-state index >= 15 is 0 Å². The van der Waals surface area contributed by atoms with Crippen LogP contribution < -0.4 is 15.4 Å². The zero-order valence-electron chi connectivity index (χ0n) is 34.2. The molecule has 15 heteroatoms. The first-order valence-electron chi connectivity index (χ1n) is 20.6. The first kappa shape index (κ1) is 43.9. The highest BCUT2D eigenvalue weighted by atomic mass is 35.5. The number of para-hydroxylation sites is 1.